The van der Waals surface area contributed by atoms with Crippen molar-refractivity contribution in [2.24, 2.45) is 0 Å². The van der Waals surface area contributed by atoms with Crippen LogP contribution in [0.5, 0.6) is 0 Å². The lowest BCUT2D eigenvalue weighted by Gasteiger charge is -2.48. The molecule has 1 spiro atoms. The van der Waals surface area contributed by atoms with Gasteiger partial charge in [-0.25, -0.2) is 0 Å². The third-order valence-corrected chi connectivity index (χ3v) is 5.76. The first-order valence-corrected chi connectivity index (χ1v) is 9.21. The van der Waals surface area contributed by atoms with Crippen LogP contribution in [0, 0.1) is 0 Å². The maximum absolute atomic E-state index is 10.6. The number of fused-ring (bicyclic) bond motifs is 2. The van der Waals surface area contributed by atoms with E-state index in [0.29, 0.717) is 13.2 Å². The molecule has 132 valence electrons. The Morgan fingerprint density at radius 2 is 1.80 bits per heavy atom. The maximum Gasteiger partial charge on any atom is 0.189 e. The molecule has 2 aromatic rings. The van der Waals surface area contributed by atoms with Crippen LogP contribution in [0.25, 0.3) is 0 Å². The van der Waals surface area contributed by atoms with Gasteiger partial charge in [-0.05, 0) is 43.7 Å². The Labute approximate surface area is 149 Å². The van der Waals surface area contributed by atoms with E-state index >= 15 is 0 Å². The molecule has 3 nitrogen and oxygen atoms in total. The molecule has 4 rings (SSSR count). The summed E-state index contributed by atoms with van der Waals surface area (Å²) in [5, 5.41) is 10.6. The zero-order chi connectivity index (χ0) is 17.3. The Balaban J connectivity index is 1.54. The zero-order valence-corrected chi connectivity index (χ0v) is 14.8. The van der Waals surface area contributed by atoms with Crippen molar-refractivity contribution in [1.82, 2.24) is 0 Å². The first kappa shape index (κ1) is 16.8. The molecule has 1 aliphatic carbocycles. The van der Waals surface area contributed by atoms with Crippen molar-refractivity contribution in [3.63, 3.8) is 0 Å². The van der Waals surface area contributed by atoms with Crippen molar-refractivity contribution in [2.45, 2.75) is 56.5 Å². The molecule has 0 bridgehead atoms. The number of benzene rings is 2. The first-order chi connectivity index (χ1) is 12.1. The second kappa shape index (κ2) is 6.56. The molecule has 3 atom stereocenters. The van der Waals surface area contributed by atoms with Gasteiger partial charge >= 0.3 is 0 Å². The van der Waals surface area contributed by atoms with Gasteiger partial charge in [-0.3, -0.25) is 0 Å². The minimum absolute atomic E-state index is 0.0432. The molecule has 3 heteroatoms. The summed E-state index contributed by atoms with van der Waals surface area (Å²) in [6, 6.07) is 18.5. The molecular formula is C22H26O3. The van der Waals surface area contributed by atoms with Gasteiger partial charge in [-0.1, -0.05) is 54.6 Å². The average Bonchev–Trinajstić information content (AvgIpc) is 2.65. The highest BCUT2D eigenvalue weighted by Crippen LogP contribution is 2.48. The summed E-state index contributed by atoms with van der Waals surface area (Å²) in [4.78, 5) is 0. The van der Waals surface area contributed by atoms with Crippen LogP contribution in [0.4, 0.5) is 0 Å². The SMILES string of the molecule is CC1(O)OCC2(CCCC(OCc3ccccc3)C2)c2ccccc21. The predicted molar refractivity (Wildman–Crippen MR) is 97.1 cm³/mol. The normalized spacial score (nSPS) is 31.7. The van der Waals surface area contributed by atoms with Gasteiger partial charge in [-0.2, -0.15) is 0 Å². The molecule has 0 aromatic heterocycles. The summed E-state index contributed by atoms with van der Waals surface area (Å²) in [5.41, 5.74) is 3.31. The molecule has 2 aromatic carbocycles. The Hall–Kier alpha value is -1.68. The summed E-state index contributed by atoms with van der Waals surface area (Å²) >= 11 is 0. The number of aliphatic hydroxyl groups is 1. The monoisotopic (exact) mass is 338 g/mol. The molecule has 1 heterocycles. The summed E-state index contributed by atoms with van der Waals surface area (Å²) in [5.74, 6) is -1.19. The minimum Gasteiger partial charge on any atom is -0.374 e. The molecule has 1 N–H and O–H groups in total. The molecule has 1 saturated carbocycles. The third-order valence-electron chi connectivity index (χ3n) is 5.76. The fraction of sp³-hybridized carbons (Fsp3) is 0.455. The lowest BCUT2D eigenvalue weighted by molar-refractivity contribution is -0.225. The van der Waals surface area contributed by atoms with Crippen LogP contribution >= 0.6 is 0 Å². The van der Waals surface area contributed by atoms with Crippen LogP contribution in [-0.4, -0.2) is 17.8 Å². The van der Waals surface area contributed by atoms with E-state index in [1.807, 2.05) is 30.3 Å². The highest BCUT2D eigenvalue weighted by atomic mass is 16.6. The fourth-order valence-electron chi connectivity index (χ4n) is 4.40. The second-order valence-corrected chi connectivity index (χ2v) is 7.61. The van der Waals surface area contributed by atoms with E-state index in [0.717, 1.165) is 31.2 Å². The standard InChI is InChI=1S/C22H26O3/c1-21(23)19-11-5-6-12-20(19)22(16-25-21)13-7-10-18(14-22)24-15-17-8-3-2-4-9-17/h2-6,8-9,11-12,18,23H,7,10,13-16H2,1H3. The van der Waals surface area contributed by atoms with E-state index in [2.05, 4.69) is 24.3 Å². The molecule has 3 unspecified atom stereocenters. The lowest BCUT2D eigenvalue weighted by atomic mass is 9.66. The third kappa shape index (κ3) is 3.24. The van der Waals surface area contributed by atoms with E-state index in [1.54, 1.807) is 6.92 Å². The van der Waals surface area contributed by atoms with Gasteiger partial charge in [-0.15, -0.1) is 0 Å². The number of rotatable bonds is 3. The van der Waals surface area contributed by atoms with Crippen molar-refractivity contribution >= 4 is 0 Å². The minimum atomic E-state index is -1.19. The van der Waals surface area contributed by atoms with Gasteiger partial charge in [0.15, 0.2) is 5.79 Å². The van der Waals surface area contributed by atoms with Gasteiger partial charge in [0.2, 0.25) is 0 Å². The van der Waals surface area contributed by atoms with E-state index < -0.39 is 5.79 Å². The Morgan fingerprint density at radius 3 is 2.60 bits per heavy atom. The molecular weight excluding hydrogens is 312 g/mol. The van der Waals surface area contributed by atoms with Crippen LogP contribution in [0.1, 0.15) is 49.3 Å². The molecule has 1 fully saturated rings. The molecule has 25 heavy (non-hydrogen) atoms. The van der Waals surface area contributed by atoms with Crippen molar-refractivity contribution in [1.29, 1.82) is 0 Å². The van der Waals surface area contributed by atoms with Crippen molar-refractivity contribution < 1.29 is 14.6 Å². The molecule has 1 aliphatic heterocycles. The summed E-state index contributed by atoms with van der Waals surface area (Å²) in [6.07, 6.45) is 4.48. The van der Waals surface area contributed by atoms with Gasteiger partial charge in [0.25, 0.3) is 0 Å². The van der Waals surface area contributed by atoms with Crippen LogP contribution in [0.2, 0.25) is 0 Å². The highest BCUT2D eigenvalue weighted by molar-refractivity contribution is 5.39. The zero-order valence-electron chi connectivity index (χ0n) is 14.8. The predicted octanol–water partition coefficient (Wildman–Crippen LogP) is 4.28. The Morgan fingerprint density at radius 1 is 1.08 bits per heavy atom. The maximum atomic E-state index is 10.6. The van der Waals surface area contributed by atoms with Gasteiger partial charge in [0.1, 0.15) is 0 Å². The number of ether oxygens (including phenoxy) is 2. The number of hydrogen-bond donors (Lipinski definition) is 1. The number of hydrogen-bond acceptors (Lipinski definition) is 3. The van der Waals surface area contributed by atoms with E-state index in [9.17, 15) is 5.11 Å². The Bertz CT molecular complexity index is 725. The summed E-state index contributed by atoms with van der Waals surface area (Å²) < 4.78 is 12.1. The second-order valence-electron chi connectivity index (χ2n) is 7.61. The van der Waals surface area contributed by atoms with Gasteiger partial charge in [0, 0.05) is 11.0 Å². The van der Waals surface area contributed by atoms with E-state index in [1.165, 1.54) is 11.1 Å². The van der Waals surface area contributed by atoms with E-state index in [4.69, 9.17) is 9.47 Å². The van der Waals surface area contributed by atoms with Crippen molar-refractivity contribution in [3.05, 3.63) is 71.3 Å². The van der Waals surface area contributed by atoms with Crippen LogP contribution in [0.15, 0.2) is 54.6 Å². The van der Waals surface area contributed by atoms with E-state index in [-0.39, 0.29) is 11.5 Å². The van der Waals surface area contributed by atoms with Crippen LogP contribution in [-0.2, 0) is 27.3 Å². The fourth-order valence-corrected chi connectivity index (χ4v) is 4.40. The highest BCUT2D eigenvalue weighted by Gasteiger charge is 2.47. The van der Waals surface area contributed by atoms with Crippen LogP contribution in [0.3, 0.4) is 0 Å². The molecule has 0 saturated heterocycles. The van der Waals surface area contributed by atoms with Gasteiger partial charge in [0.05, 0.1) is 19.3 Å². The summed E-state index contributed by atoms with van der Waals surface area (Å²) in [6.45, 7) is 2.95. The Kier molecular flexibility index (Phi) is 4.40. The molecule has 0 radical (unpaired) electrons. The van der Waals surface area contributed by atoms with Crippen LogP contribution < -0.4 is 0 Å². The lowest BCUT2D eigenvalue weighted by Crippen LogP contribution is -2.48. The smallest absolute Gasteiger partial charge is 0.189 e. The topological polar surface area (TPSA) is 38.7 Å². The quantitative estimate of drug-likeness (QED) is 0.908. The summed E-state index contributed by atoms with van der Waals surface area (Å²) in [7, 11) is 0. The van der Waals surface area contributed by atoms with Gasteiger partial charge < -0.3 is 14.6 Å². The molecule has 2 aliphatic rings. The van der Waals surface area contributed by atoms with Crippen molar-refractivity contribution in [2.75, 3.05) is 6.61 Å². The largest absolute Gasteiger partial charge is 0.374 e. The average molecular weight is 338 g/mol. The molecule has 0 amide bonds. The first-order valence-electron chi connectivity index (χ1n) is 9.21. The van der Waals surface area contributed by atoms with Crippen molar-refractivity contribution in [3.8, 4) is 0 Å².